The molecule has 4 rings (SSSR count). The molecule has 1 fully saturated rings. The van der Waals surface area contributed by atoms with E-state index >= 15 is 0 Å². The summed E-state index contributed by atoms with van der Waals surface area (Å²) in [5, 5.41) is 32.0. The molecule has 10 heteroatoms. The van der Waals surface area contributed by atoms with Crippen molar-refractivity contribution in [2.75, 3.05) is 4.90 Å². The molecule has 0 saturated carbocycles. The first-order chi connectivity index (χ1) is 15.7. The van der Waals surface area contributed by atoms with Gasteiger partial charge in [-0.3, -0.25) is 24.6 Å². The predicted molar refractivity (Wildman–Crippen MR) is 112 cm³/mol. The summed E-state index contributed by atoms with van der Waals surface area (Å²) in [5.74, 6) is -5.32. The van der Waals surface area contributed by atoms with Crippen LogP contribution in [0.4, 0.5) is 20.2 Å². The second-order valence-electron chi connectivity index (χ2n) is 7.17. The van der Waals surface area contributed by atoms with Crippen molar-refractivity contribution in [3.63, 3.8) is 0 Å². The summed E-state index contributed by atoms with van der Waals surface area (Å²) in [6.07, 6.45) is 0. The van der Waals surface area contributed by atoms with Gasteiger partial charge in [0.2, 0.25) is 0 Å². The molecule has 3 aromatic carbocycles. The van der Waals surface area contributed by atoms with E-state index in [-0.39, 0.29) is 22.6 Å². The Hall–Kier alpha value is -4.60. The minimum absolute atomic E-state index is 0.116. The first-order valence-electron chi connectivity index (χ1n) is 9.49. The molecule has 0 aliphatic carbocycles. The first kappa shape index (κ1) is 21.6. The molecule has 8 nitrogen and oxygen atoms in total. The zero-order chi connectivity index (χ0) is 23.9. The smallest absolute Gasteiger partial charge is 0.300 e. The van der Waals surface area contributed by atoms with Gasteiger partial charge in [-0.1, -0.05) is 24.3 Å². The summed E-state index contributed by atoms with van der Waals surface area (Å²) in [6, 6.07) is 11.0. The molecule has 1 saturated heterocycles. The van der Waals surface area contributed by atoms with Crippen molar-refractivity contribution in [3.8, 4) is 5.75 Å². The van der Waals surface area contributed by atoms with Crippen LogP contribution in [0.5, 0.6) is 5.75 Å². The van der Waals surface area contributed by atoms with Gasteiger partial charge in [0, 0.05) is 23.8 Å². The van der Waals surface area contributed by atoms with Crippen LogP contribution in [0.15, 0.2) is 72.3 Å². The third-order valence-corrected chi connectivity index (χ3v) is 5.13. The number of benzene rings is 3. The van der Waals surface area contributed by atoms with Crippen LogP contribution in [0.25, 0.3) is 5.76 Å². The third-order valence-electron chi connectivity index (χ3n) is 5.13. The number of nitrogens with zero attached hydrogens (tertiary/aromatic N) is 2. The lowest BCUT2D eigenvalue weighted by atomic mass is 9.95. The maximum atomic E-state index is 14.6. The van der Waals surface area contributed by atoms with Crippen LogP contribution in [-0.2, 0) is 9.59 Å². The molecule has 0 spiro atoms. The molecule has 1 heterocycles. The standard InChI is InChI=1S/C23H14F2N2O6/c24-14-7-8-17(25)18(11-14)26-20(12-3-2-6-16(28)10-12)19(22(30)23(26)31)21(29)13-4-1-5-15(9-13)27(32)33/h1-11,20,28-29H/b21-19-. The molecular weight excluding hydrogens is 438 g/mol. The molecule has 3 aromatic rings. The van der Waals surface area contributed by atoms with Gasteiger partial charge < -0.3 is 10.2 Å². The molecule has 0 bridgehead atoms. The molecule has 1 amide bonds. The number of nitro benzene ring substituents is 1. The van der Waals surface area contributed by atoms with Crippen molar-refractivity contribution in [1.29, 1.82) is 0 Å². The molecule has 0 aromatic heterocycles. The Morgan fingerprint density at radius 3 is 2.42 bits per heavy atom. The van der Waals surface area contributed by atoms with Gasteiger partial charge in [0.25, 0.3) is 17.4 Å². The molecule has 33 heavy (non-hydrogen) atoms. The third kappa shape index (κ3) is 3.78. The summed E-state index contributed by atoms with van der Waals surface area (Å²) >= 11 is 0. The number of hydrogen-bond acceptors (Lipinski definition) is 6. The van der Waals surface area contributed by atoms with Crippen LogP contribution in [0, 0.1) is 21.7 Å². The van der Waals surface area contributed by atoms with Gasteiger partial charge in [-0.2, -0.15) is 0 Å². The average Bonchev–Trinajstić information content (AvgIpc) is 3.05. The number of amides is 1. The van der Waals surface area contributed by atoms with Gasteiger partial charge in [0.15, 0.2) is 0 Å². The van der Waals surface area contributed by atoms with Crippen LogP contribution >= 0.6 is 0 Å². The van der Waals surface area contributed by atoms with Crippen molar-refractivity contribution < 1.29 is 33.5 Å². The minimum atomic E-state index is -1.45. The van der Waals surface area contributed by atoms with Crippen molar-refractivity contribution in [2.45, 2.75) is 6.04 Å². The average molecular weight is 452 g/mol. The van der Waals surface area contributed by atoms with Gasteiger partial charge >= 0.3 is 0 Å². The van der Waals surface area contributed by atoms with E-state index in [4.69, 9.17) is 0 Å². The van der Waals surface area contributed by atoms with Gasteiger partial charge in [-0.05, 0) is 29.8 Å². The maximum Gasteiger partial charge on any atom is 0.300 e. The number of carbonyl (C=O) groups excluding carboxylic acids is 2. The highest BCUT2D eigenvalue weighted by atomic mass is 19.1. The molecule has 1 aliphatic heterocycles. The fraction of sp³-hybridized carbons (Fsp3) is 0.0435. The first-order valence-corrected chi connectivity index (χ1v) is 9.49. The number of ketones is 1. The van der Waals surface area contributed by atoms with E-state index in [2.05, 4.69) is 0 Å². The molecule has 1 atom stereocenters. The number of aliphatic hydroxyl groups excluding tert-OH is 1. The topological polar surface area (TPSA) is 121 Å². The SMILES string of the molecule is O=C1C(=O)N(c2cc(F)ccc2F)C(c2cccc(O)c2)/C1=C(/O)c1cccc([N+](=O)[O-])c1. The Morgan fingerprint density at radius 1 is 1.00 bits per heavy atom. The summed E-state index contributed by atoms with van der Waals surface area (Å²) < 4.78 is 28.5. The van der Waals surface area contributed by atoms with Crippen molar-refractivity contribution >= 4 is 28.8 Å². The number of phenolic OH excluding ortho intramolecular Hbond substituents is 1. The van der Waals surface area contributed by atoms with E-state index in [1.165, 1.54) is 42.5 Å². The normalized spacial score (nSPS) is 17.4. The minimum Gasteiger partial charge on any atom is -0.508 e. The quantitative estimate of drug-likeness (QED) is 0.201. The number of nitro groups is 1. The number of aliphatic hydroxyl groups is 1. The maximum absolute atomic E-state index is 14.6. The highest BCUT2D eigenvalue weighted by Crippen LogP contribution is 2.43. The Bertz CT molecular complexity index is 1350. The number of carbonyl (C=O) groups is 2. The van der Waals surface area contributed by atoms with E-state index in [1.54, 1.807) is 0 Å². The monoisotopic (exact) mass is 452 g/mol. The van der Waals surface area contributed by atoms with E-state index in [9.17, 15) is 38.7 Å². The van der Waals surface area contributed by atoms with E-state index < -0.39 is 51.3 Å². The van der Waals surface area contributed by atoms with E-state index in [1.807, 2.05) is 0 Å². The molecule has 1 unspecified atom stereocenters. The number of anilines is 1. The number of rotatable bonds is 4. The Labute approximate surface area is 184 Å². The van der Waals surface area contributed by atoms with Crippen molar-refractivity contribution in [1.82, 2.24) is 0 Å². The van der Waals surface area contributed by atoms with Crippen LogP contribution in [0.3, 0.4) is 0 Å². The van der Waals surface area contributed by atoms with Gasteiger partial charge in [-0.15, -0.1) is 0 Å². The van der Waals surface area contributed by atoms with Crippen molar-refractivity contribution in [3.05, 3.63) is 105 Å². The second-order valence-corrected chi connectivity index (χ2v) is 7.17. The van der Waals surface area contributed by atoms with E-state index in [0.717, 1.165) is 24.3 Å². The number of Topliss-reactive ketones (excluding diaryl/α,β-unsaturated/α-hetero) is 1. The lowest BCUT2D eigenvalue weighted by Gasteiger charge is -2.25. The summed E-state index contributed by atoms with van der Waals surface area (Å²) in [5.41, 5.74) is -1.45. The number of hydrogen-bond donors (Lipinski definition) is 2. The van der Waals surface area contributed by atoms with Crippen LogP contribution in [0.2, 0.25) is 0 Å². The Balaban J connectivity index is 1.99. The lowest BCUT2D eigenvalue weighted by Crippen LogP contribution is -2.30. The summed E-state index contributed by atoms with van der Waals surface area (Å²) in [6.45, 7) is 0. The highest BCUT2D eigenvalue weighted by Gasteiger charge is 2.48. The molecule has 0 radical (unpaired) electrons. The second kappa shape index (κ2) is 8.15. The van der Waals surface area contributed by atoms with Gasteiger partial charge in [0.05, 0.1) is 22.2 Å². The largest absolute Gasteiger partial charge is 0.508 e. The van der Waals surface area contributed by atoms with Crippen molar-refractivity contribution in [2.24, 2.45) is 0 Å². The number of aromatic hydroxyl groups is 1. The Morgan fingerprint density at radius 2 is 1.73 bits per heavy atom. The zero-order valence-electron chi connectivity index (χ0n) is 16.6. The number of non-ortho nitro benzene ring substituents is 1. The lowest BCUT2D eigenvalue weighted by molar-refractivity contribution is -0.384. The predicted octanol–water partition coefficient (Wildman–Crippen LogP) is 4.20. The molecule has 1 aliphatic rings. The highest BCUT2D eigenvalue weighted by molar-refractivity contribution is 6.51. The molecular formula is C23H14F2N2O6. The summed E-state index contributed by atoms with van der Waals surface area (Å²) in [7, 11) is 0. The van der Waals surface area contributed by atoms with Gasteiger partial charge in [0.1, 0.15) is 23.1 Å². The van der Waals surface area contributed by atoms with E-state index in [0.29, 0.717) is 4.90 Å². The van der Waals surface area contributed by atoms with Crippen LogP contribution in [-0.4, -0.2) is 26.8 Å². The van der Waals surface area contributed by atoms with Crippen LogP contribution < -0.4 is 4.90 Å². The fourth-order valence-corrected chi connectivity index (χ4v) is 3.68. The number of phenols is 1. The zero-order valence-corrected chi connectivity index (χ0v) is 16.6. The molecule has 166 valence electrons. The Kier molecular flexibility index (Phi) is 5.34. The number of halogens is 2. The molecule has 2 N–H and O–H groups in total. The summed E-state index contributed by atoms with van der Waals surface area (Å²) in [4.78, 5) is 37.0. The van der Waals surface area contributed by atoms with Crippen LogP contribution in [0.1, 0.15) is 17.2 Å². The van der Waals surface area contributed by atoms with Gasteiger partial charge in [-0.25, -0.2) is 8.78 Å². The fourth-order valence-electron chi connectivity index (χ4n) is 3.68.